The standard InChI is InChI=1S/C18H23N5O2/c1-2-23(13-8-4-3-5-9-13)18(25)17(24)21-15-12-20-22-16(15)14-10-6-7-11-19-14/h6-7,10-13H,2-5,8-9H2,1H3,(H,20,22)(H,21,24). The molecule has 0 bridgehead atoms. The molecule has 0 spiro atoms. The van der Waals surface area contributed by atoms with Gasteiger partial charge < -0.3 is 10.2 Å². The van der Waals surface area contributed by atoms with Crippen molar-refractivity contribution in [3.05, 3.63) is 30.6 Å². The molecule has 0 saturated heterocycles. The molecule has 2 N–H and O–H groups in total. The van der Waals surface area contributed by atoms with Crippen molar-refractivity contribution in [2.45, 2.75) is 45.1 Å². The molecular formula is C18H23N5O2. The molecule has 0 atom stereocenters. The van der Waals surface area contributed by atoms with Gasteiger partial charge in [0, 0.05) is 18.8 Å². The van der Waals surface area contributed by atoms with Crippen LogP contribution in [0.2, 0.25) is 0 Å². The highest BCUT2D eigenvalue weighted by Gasteiger charge is 2.29. The largest absolute Gasteiger partial charge is 0.332 e. The lowest BCUT2D eigenvalue weighted by Crippen LogP contribution is -2.46. The Morgan fingerprint density at radius 1 is 1.28 bits per heavy atom. The molecule has 2 aromatic rings. The maximum atomic E-state index is 12.6. The van der Waals surface area contributed by atoms with Gasteiger partial charge in [0.05, 0.1) is 17.6 Å². The van der Waals surface area contributed by atoms with E-state index in [0.717, 1.165) is 25.7 Å². The van der Waals surface area contributed by atoms with Gasteiger partial charge in [-0.15, -0.1) is 0 Å². The van der Waals surface area contributed by atoms with Crippen LogP contribution in [0.25, 0.3) is 11.4 Å². The Bertz CT molecular complexity index is 722. The van der Waals surface area contributed by atoms with E-state index in [2.05, 4.69) is 20.5 Å². The Kier molecular flexibility index (Phi) is 5.42. The first-order valence-electron chi connectivity index (χ1n) is 8.77. The smallest absolute Gasteiger partial charge is 0.314 e. The van der Waals surface area contributed by atoms with Crippen LogP contribution in [0.5, 0.6) is 0 Å². The molecule has 7 heteroatoms. The number of pyridine rings is 1. The SMILES string of the molecule is CCN(C(=O)C(=O)Nc1cn[nH]c1-c1ccccn1)C1CCCCC1. The fourth-order valence-electron chi connectivity index (χ4n) is 3.35. The fourth-order valence-corrected chi connectivity index (χ4v) is 3.35. The Hall–Kier alpha value is -2.70. The lowest BCUT2D eigenvalue weighted by molar-refractivity contribution is -0.145. The number of aromatic nitrogens is 3. The summed E-state index contributed by atoms with van der Waals surface area (Å²) < 4.78 is 0. The second-order valence-electron chi connectivity index (χ2n) is 6.21. The molecule has 1 aliphatic carbocycles. The van der Waals surface area contributed by atoms with Crippen molar-refractivity contribution in [2.75, 3.05) is 11.9 Å². The number of nitrogens with zero attached hydrogens (tertiary/aromatic N) is 3. The highest BCUT2D eigenvalue weighted by molar-refractivity contribution is 6.39. The van der Waals surface area contributed by atoms with Crippen LogP contribution in [0.4, 0.5) is 5.69 Å². The van der Waals surface area contributed by atoms with Gasteiger partial charge in [-0.1, -0.05) is 25.3 Å². The van der Waals surface area contributed by atoms with Crippen LogP contribution >= 0.6 is 0 Å². The molecule has 2 amide bonds. The number of nitrogens with one attached hydrogen (secondary N) is 2. The molecular weight excluding hydrogens is 318 g/mol. The topological polar surface area (TPSA) is 91.0 Å². The first-order valence-corrected chi connectivity index (χ1v) is 8.77. The average Bonchev–Trinajstić information content (AvgIpc) is 3.12. The number of aromatic amines is 1. The number of hydrogen-bond donors (Lipinski definition) is 2. The van der Waals surface area contributed by atoms with Crippen molar-refractivity contribution in [2.24, 2.45) is 0 Å². The van der Waals surface area contributed by atoms with Gasteiger partial charge in [0.25, 0.3) is 0 Å². The van der Waals surface area contributed by atoms with Gasteiger partial charge >= 0.3 is 11.8 Å². The summed E-state index contributed by atoms with van der Waals surface area (Å²) in [5, 5.41) is 9.46. The van der Waals surface area contributed by atoms with Crippen LogP contribution in [-0.4, -0.2) is 44.5 Å². The zero-order chi connectivity index (χ0) is 17.6. The number of likely N-dealkylation sites (N-methyl/N-ethyl adjacent to an activating group) is 1. The van der Waals surface area contributed by atoms with E-state index in [9.17, 15) is 9.59 Å². The van der Waals surface area contributed by atoms with Crippen LogP contribution in [0.1, 0.15) is 39.0 Å². The quantitative estimate of drug-likeness (QED) is 0.836. The van der Waals surface area contributed by atoms with E-state index in [-0.39, 0.29) is 6.04 Å². The lowest BCUT2D eigenvalue weighted by atomic mass is 9.94. The molecule has 1 saturated carbocycles. The van der Waals surface area contributed by atoms with E-state index in [1.54, 1.807) is 11.1 Å². The predicted octanol–water partition coefficient (Wildman–Crippen LogP) is 2.59. The minimum absolute atomic E-state index is 0.164. The Balaban J connectivity index is 1.72. The van der Waals surface area contributed by atoms with Crippen LogP contribution < -0.4 is 5.32 Å². The summed E-state index contributed by atoms with van der Waals surface area (Å²) in [6.45, 7) is 2.45. The summed E-state index contributed by atoms with van der Waals surface area (Å²) in [4.78, 5) is 31.0. The molecule has 2 heterocycles. The zero-order valence-electron chi connectivity index (χ0n) is 14.4. The molecule has 1 aliphatic rings. The number of hydrogen-bond acceptors (Lipinski definition) is 4. The molecule has 1 fully saturated rings. The van der Waals surface area contributed by atoms with Crippen molar-refractivity contribution < 1.29 is 9.59 Å². The van der Waals surface area contributed by atoms with Gasteiger partial charge in [-0.2, -0.15) is 5.10 Å². The molecule has 0 radical (unpaired) electrons. The summed E-state index contributed by atoms with van der Waals surface area (Å²) in [5.74, 6) is -1.12. The van der Waals surface area contributed by atoms with Gasteiger partial charge in [0.15, 0.2) is 0 Å². The highest BCUT2D eigenvalue weighted by atomic mass is 16.2. The average molecular weight is 341 g/mol. The minimum atomic E-state index is -0.633. The maximum absolute atomic E-state index is 12.6. The third-order valence-corrected chi connectivity index (χ3v) is 4.62. The van der Waals surface area contributed by atoms with Crippen molar-refractivity contribution in [1.29, 1.82) is 0 Å². The first kappa shape index (κ1) is 17.1. The molecule has 2 aromatic heterocycles. The molecule has 0 aliphatic heterocycles. The summed E-state index contributed by atoms with van der Waals surface area (Å²) in [5.41, 5.74) is 1.70. The number of amides is 2. The molecule has 3 rings (SSSR count). The fraction of sp³-hybridized carbons (Fsp3) is 0.444. The third-order valence-electron chi connectivity index (χ3n) is 4.62. The van der Waals surface area contributed by atoms with Gasteiger partial charge in [-0.05, 0) is 31.9 Å². The van der Waals surface area contributed by atoms with Crippen LogP contribution in [-0.2, 0) is 9.59 Å². The number of carbonyl (C=O) groups excluding carboxylic acids is 2. The lowest BCUT2D eigenvalue weighted by Gasteiger charge is -2.33. The van der Waals surface area contributed by atoms with E-state index in [1.807, 2.05) is 25.1 Å². The van der Waals surface area contributed by atoms with Crippen molar-refractivity contribution in [3.63, 3.8) is 0 Å². The van der Waals surface area contributed by atoms with Crippen molar-refractivity contribution in [1.82, 2.24) is 20.1 Å². The second-order valence-corrected chi connectivity index (χ2v) is 6.21. The van der Waals surface area contributed by atoms with E-state index in [1.165, 1.54) is 12.6 Å². The molecule has 0 unspecified atom stereocenters. The van der Waals surface area contributed by atoms with Gasteiger partial charge in [0.1, 0.15) is 5.69 Å². The monoisotopic (exact) mass is 341 g/mol. The Labute approximate surface area is 146 Å². The Morgan fingerprint density at radius 3 is 2.76 bits per heavy atom. The van der Waals surface area contributed by atoms with Crippen LogP contribution in [0.3, 0.4) is 0 Å². The zero-order valence-corrected chi connectivity index (χ0v) is 14.4. The van der Waals surface area contributed by atoms with Gasteiger partial charge in [-0.3, -0.25) is 19.7 Å². The van der Waals surface area contributed by atoms with Gasteiger partial charge in [0.2, 0.25) is 0 Å². The predicted molar refractivity (Wildman–Crippen MR) is 94.7 cm³/mol. The van der Waals surface area contributed by atoms with Crippen LogP contribution in [0, 0.1) is 0 Å². The number of anilines is 1. The van der Waals surface area contributed by atoms with Crippen molar-refractivity contribution >= 4 is 17.5 Å². The summed E-state index contributed by atoms with van der Waals surface area (Å²) in [7, 11) is 0. The number of carbonyl (C=O) groups is 2. The summed E-state index contributed by atoms with van der Waals surface area (Å²) in [6.07, 6.45) is 8.52. The molecule has 7 nitrogen and oxygen atoms in total. The molecule has 132 valence electrons. The minimum Gasteiger partial charge on any atom is -0.332 e. The van der Waals surface area contributed by atoms with E-state index in [4.69, 9.17) is 0 Å². The maximum Gasteiger partial charge on any atom is 0.314 e. The third kappa shape index (κ3) is 3.87. The molecule has 0 aromatic carbocycles. The second kappa shape index (κ2) is 7.92. The Morgan fingerprint density at radius 2 is 2.08 bits per heavy atom. The highest BCUT2D eigenvalue weighted by Crippen LogP contribution is 2.25. The van der Waals surface area contributed by atoms with Gasteiger partial charge in [-0.25, -0.2) is 0 Å². The van der Waals surface area contributed by atoms with E-state index in [0.29, 0.717) is 23.6 Å². The normalized spacial score (nSPS) is 14.9. The first-order chi connectivity index (χ1) is 12.2. The van der Waals surface area contributed by atoms with E-state index >= 15 is 0 Å². The van der Waals surface area contributed by atoms with Crippen molar-refractivity contribution in [3.8, 4) is 11.4 Å². The number of H-pyrrole nitrogens is 1. The number of rotatable bonds is 4. The molecule has 25 heavy (non-hydrogen) atoms. The van der Waals surface area contributed by atoms with E-state index < -0.39 is 11.8 Å². The van der Waals surface area contributed by atoms with Crippen LogP contribution in [0.15, 0.2) is 30.6 Å². The summed E-state index contributed by atoms with van der Waals surface area (Å²) in [6, 6.07) is 5.63. The summed E-state index contributed by atoms with van der Waals surface area (Å²) >= 11 is 0.